The fourth-order valence-corrected chi connectivity index (χ4v) is 1.69. The summed E-state index contributed by atoms with van der Waals surface area (Å²) in [6.07, 6.45) is 0. The van der Waals surface area contributed by atoms with E-state index in [0.29, 0.717) is 0 Å². The zero-order valence-electron chi connectivity index (χ0n) is 8.21. The SMILES string of the molecule is CCN1COc2c(C)cccc2C1. The summed E-state index contributed by atoms with van der Waals surface area (Å²) in [5.41, 5.74) is 2.56. The molecule has 0 radical (unpaired) electrons. The van der Waals surface area contributed by atoms with Gasteiger partial charge < -0.3 is 4.74 Å². The Bertz CT molecular complexity index is 309. The van der Waals surface area contributed by atoms with E-state index in [4.69, 9.17) is 4.74 Å². The van der Waals surface area contributed by atoms with E-state index in [1.165, 1.54) is 11.1 Å². The first kappa shape index (κ1) is 8.57. The fraction of sp³-hybridized carbons (Fsp3) is 0.455. The molecule has 0 saturated heterocycles. The minimum absolute atomic E-state index is 0.731. The van der Waals surface area contributed by atoms with Gasteiger partial charge in [-0.2, -0.15) is 0 Å². The van der Waals surface area contributed by atoms with Gasteiger partial charge in [-0.05, 0) is 19.0 Å². The van der Waals surface area contributed by atoms with Gasteiger partial charge in [0, 0.05) is 12.1 Å². The van der Waals surface area contributed by atoms with Crippen molar-refractivity contribution in [2.45, 2.75) is 20.4 Å². The number of hydrogen-bond acceptors (Lipinski definition) is 2. The zero-order valence-corrected chi connectivity index (χ0v) is 8.21. The molecule has 1 aliphatic heterocycles. The van der Waals surface area contributed by atoms with Crippen LogP contribution in [0.25, 0.3) is 0 Å². The van der Waals surface area contributed by atoms with E-state index in [2.05, 4.69) is 36.9 Å². The fourth-order valence-electron chi connectivity index (χ4n) is 1.69. The minimum Gasteiger partial charge on any atom is -0.478 e. The number of hydrogen-bond donors (Lipinski definition) is 0. The summed E-state index contributed by atoms with van der Waals surface area (Å²) < 4.78 is 5.68. The van der Waals surface area contributed by atoms with Crippen LogP contribution >= 0.6 is 0 Å². The standard InChI is InChI=1S/C11H15NO/c1-3-12-7-10-6-4-5-9(2)11(10)13-8-12/h4-6H,3,7-8H2,1-2H3. The molecule has 0 spiro atoms. The van der Waals surface area contributed by atoms with Crippen molar-refractivity contribution < 1.29 is 4.74 Å². The molecule has 0 N–H and O–H groups in total. The zero-order chi connectivity index (χ0) is 9.26. The molecule has 0 atom stereocenters. The predicted molar refractivity (Wildman–Crippen MR) is 52.8 cm³/mol. The van der Waals surface area contributed by atoms with E-state index in [1.807, 2.05) is 0 Å². The van der Waals surface area contributed by atoms with Gasteiger partial charge in [-0.25, -0.2) is 0 Å². The van der Waals surface area contributed by atoms with Crippen LogP contribution in [0.5, 0.6) is 5.75 Å². The Morgan fingerprint density at radius 3 is 3.08 bits per heavy atom. The number of nitrogens with zero attached hydrogens (tertiary/aromatic N) is 1. The maximum Gasteiger partial charge on any atom is 0.142 e. The second-order valence-corrected chi connectivity index (χ2v) is 3.48. The highest BCUT2D eigenvalue weighted by atomic mass is 16.5. The van der Waals surface area contributed by atoms with Gasteiger partial charge in [0.05, 0.1) is 0 Å². The van der Waals surface area contributed by atoms with E-state index in [-0.39, 0.29) is 0 Å². The molecule has 0 unspecified atom stereocenters. The Balaban J connectivity index is 2.31. The summed E-state index contributed by atoms with van der Waals surface area (Å²) in [7, 11) is 0. The summed E-state index contributed by atoms with van der Waals surface area (Å²) in [5, 5.41) is 0. The van der Waals surface area contributed by atoms with Crippen molar-refractivity contribution in [1.29, 1.82) is 0 Å². The molecule has 1 aliphatic rings. The summed E-state index contributed by atoms with van der Waals surface area (Å²) in [5.74, 6) is 1.09. The maximum absolute atomic E-state index is 5.68. The normalized spacial score (nSPS) is 16.5. The molecule has 0 aliphatic carbocycles. The molecule has 0 saturated carbocycles. The Morgan fingerprint density at radius 1 is 1.46 bits per heavy atom. The second-order valence-electron chi connectivity index (χ2n) is 3.48. The van der Waals surface area contributed by atoms with Crippen molar-refractivity contribution in [2.75, 3.05) is 13.3 Å². The summed E-state index contributed by atoms with van der Waals surface area (Å²) in [4.78, 5) is 2.28. The van der Waals surface area contributed by atoms with Crippen molar-refractivity contribution in [3.63, 3.8) is 0 Å². The maximum atomic E-state index is 5.68. The lowest BCUT2D eigenvalue weighted by molar-refractivity contribution is 0.100. The third-order valence-corrected chi connectivity index (χ3v) is 2.53. The van der Waals surface area contributed by atoms with Gasteiger partial charge in [0.2, 0.25) is 0 Å². The molecule has 0 bridgehead atoms. The molecule has 1 aromatic rings. The molecule has 0 aromatic heterocycles. The van der Waals surface area contributed by atoms with Crippen LogP contribution in [0.3, 0.4) is 0 Å². The van der Waals surface area contributed by atoms with Crippen molar-refractivity contribution >= 4 is 0 Å². The molecule has 2 rings (SSSR count). The highest BCUT2D eigenvalue weighted by Gasteiger charge is 2.16. The van der Waals surface area contributed by atoms with Crippen molar-refractivity contribution in [2.24, 2.45) is 0 Å². The third kappa shape index (κ3) is 1.54. The summed E-state index contributed by atoms with van der Waals surface area (Å²) >= 11 is 0. The number of benzene rings is 1. The average molecular weight is 177 g/mol. The number of fused-ring (bicyclic) bond motifs is 1. The average Bonchev–Trinajstić information content (AvgIpc) is 2.18. The Kier molecular flexibility index (Phi) is 2.23. The Labute approximate surface area is 79.1 Å². The number of aryl methyl sites for hydroxylation is 1. The second kappa shape index (κ2) is 3.38. The van der Waals surface area contributed by atoms with Crippen LogP contribution in [-0.2, 0) is 6.54 Å². The van der Waals surface area contributed by atoms with Crippen LogP contribution in [-0.4, -0.2) is 18.2 Å². The lowest BCUT2D eigenvalue weighted by Gasteiger charge is -2.28. The smallest absolute Gasteiger partial charge is 0.142 e. The molecular formula is C11H15NO. The van der Waals surface area contributed by atoms with Gasteiger partial charge in [0.25, 0.3) is 0 Å². The number of ether oxygens (including phenoxy) is 1. The van der Waals surface area contributed by atoms with E-state index >= 15 is 0 Å². The van der Waals surface area contributed by atoms with Crippen LogP contribution in [0.1, 0.15) is 18.1 Å². The molecule has 70 valence electrons. The van der Waals surface area contributed by atoms with Crippen LogP contribution in [0, 0.1) is 6.92 Å². The minimum atomic E-state index is 0.731. The van der Waals surface area contributed by atoms with E-state index in [0.717, 1.165) is 25.6 Å². The van der Waals surface area contributed by atoms with E-state index in [9.17, 15) is 0 Å². The highest BCUT2D eigenvalue weighted by molar-refractivity contribution is 5.41. The van der Waals surface area contributed by atoms with Crippen molar-refractivity contribution in [3.8, 4) is 5.75 Å². The van der Waals surface area contributed by atoms with Crippen LogP contribution in [0.15, 0.2) is 18.2 Å². The Morgan fingerprint density at radius 2 is 2.31 bits per heavy atom. The third-order valence-electron chi connectivity index (χ3n) is 2.53. The molecule has 1 aromatic carbocycles. The largest absolute Gasteiger partial charge is 0.478 e. The molecule has 13 heavy (non-hydrogen) atoms. The van der Waals surface area contributed by atoms with Gasteiger partial charge in [0.15, 0.2) is 0 Å². The quantitative estimate of drug-likeness (QED) is 0.651. The number of rotatable bonds is 1. The topological polar surface area (TPSA) is 12.5 Å². The molecule has 1 heterocycles. The van der Waals surface area contributed by atoms with Gasteiger partial charge in [0.1, 0.15) is 12.5 Å². The van der Waals surface area contributed by atoms with E-state index < -0.39 is 0 Å². The number of para-hydroxylation sites is 1. The van der Waals surface area contributed by atoms with Crippen LogP contribution in [0.2, 0.25) is 0 Å². The highest BCUT2D eigenvalue weighted by Crippen LogP contribution is 2.27. The van der Waals surface area contributed by atoms with Crippen LogP contribution < -0.4 is 4.74 Å². The lowest BCUT2D eigenvalue weighted by atomic mass is 10.1. The molecule has 2 nitrogen and oxygen atoms in total. The Hall–Kier alpha value is -1.02. The molecule has 0 amide bonds. The van der Waals surface area contributed by atoms with Crippen LogP contribution in [0.4, 0.5) is 0 Å². The molecule has 0 fully saturated rings. The predicted octanol–water partition coefficient (Wildman–Crippen LogP) is 2.17. The van der Waals surface area contributed by atoms with E-state index in [1.54, 1.807) is 0 Å². The summed E-state index contributed by atoms with van der Waals surface area (Å²) in [6.45, 7) is 7.06. The van der Waals surface area contributed by atoms with Gasteiger partial charge in [-0.1, -0.05) is 25.1 Å². The summed E-state index contributed by atoms with van der Waals surface area (Å²) in [6, 6.07) is 6.33. The first-order chi connectivity index (χ1) is 6.31. The molecule has 2 heteroatoms. The molecular weight excluding hydrogens is 162 g/mol. The van der Waals surface area contributed by atoms with Gasteiger partial charge >= 0.3 is 0 Å². The van der Waals surface area contributed by atoms with Crippen molar-refractivity contribution in [1.82, 2.24) is 4.90 Å². The first-order valence-corrected chi connectivity index (χ1v) is 4.75. The van der Waals surface area contributed by atoms with Crippen molar-refractivity contribution in [3.05, 3.63) is 29.3 Å². The van der Waals surface area contributed by atoms with Gasteiger partial charge in [-0.15, -0.1) is 0 Å². The first-order valence-electron chi connectivity index (χ1n) is 4.75. The lowest BCUT2D eigenvalue weighted by Crippen LogP contribution is -2.31. The monoisotopic (exact) mass is 177 g/mol. The van der Waals surface area contributed by atoms with Gasteiger partial charge in [-0.3, -0.25) is 4.90 Å².